The van der Waals surface area contributed by atoms with Crippen molar-refractivity contribution in [2.24, 2.45) is 7.05 Å². The van der Waals surface area contributed by atoms with Gasteiger partial charge in [-0.15, -0.1) is 10.3 Å². The Hall–Kier alpha value is -3.89. The number of aromatic amines is 1. The predicted octanol–water partition coefficient (Wildman–Crippen LogP) is 5.82. The average molecular weight is 487 g/mol. The van der Waals surface area contributed by atoms with Crippen LogP contribution in [0, 0.1) is 12.3 Å². The van der Waals surface area contributed by atoms with Gasteiger partial charge in [0, 0.05) is 28.9 Å². The van der Waals surface area contributed by atoms with Gasteiger partial charge in [0.2, 0.25) is 0 Å². The molecule has 3 aromatic carbocycles. The molecule has 0 unspecified atom stereocenters. The van der Waals surface area contributed by atoms with Gasteiger partial charge in [0.1, 0.15) is 5.65 Å². The fourth-order valence-electron chi connectivity index (χ4n) is 4.76. The zero-order valence-corrected chi connectivity index (χ0v) is 20.2. The molecule has 0 bridgehead atoms. The van der Waals surface area contributed by atoms with E-state index in [0.29, 0.717) is 33.9 Å². The summed E-state index contributed by atoms with van der Waals surface area (Å²) in [5.41, 5.74) is 5.04. The molecule has 0 spiro atoms. The van der Waals surface area contributed by atoms with E-state index in [0.717, 1.165) is 40.4 Å². The maximum Gasteiger partial charge on any atom is 0.332 e. The maximum atomic E-state index is 13.7. The Balaban J connectivity index is 1.86. The van der Waals surface area contributed by atoms with E-state index in [9.17, 15) is 17.1 Å². The number of nitrogens with zero attached hydrogens (tertiary/aromatic N) is 1. The first kappa shape index (κ1) is 22.9. The van der Waals surface area contributed by atoms with Crippen molar-refractivity contribution in [3.8, 4) is 23.5 Å². The highest BCUT2D eigenvalue weighted by Gasteiger charge is 2.19. The van der Waals surface area contributed by atoms with Crippen LogP contribution in [-0.4, -0.2) is 18.0 Å². The van der Waals surface area contributed by atoms with Crippen molar-refractivity contribution in [2.75, 3.05) is 0 Å². The quantitative estimate of drug-likeness (QED) is 0.251. The van der Waals surface area contributed by atoms with Crippen LogP contribution in [0.5, 0.6) is 0 Å². The maximum absolute atomic E-state index is 13.7. The average Bonchev–Trinajstić information content (AvgIpc) is 3.24. The Kier molecular flexibility index (Phi) is 5.49. The molecule has 5 aromatic rings. The molecular weight excluding hydrogens is 463 g/mol. The molecule has 7 heteroatoms. The van der Waals surface area contributed by atoms with E-state index in [1.807, 2.05) is 41.9 Å². The molecule has 0 aliphatic heterocycles. The second-order valence-electron chi connectivity index (χ2n) is 8.74. The summed E-state index contributed by atoms with van der Waals surface area (Å²) in [6, 6.07) is 15.2. The number of aryl methyl sites for hydroxylation is 2. The molecule has 176 valence electrons. The van der Waals surface area contributed by atoms with Gasteiger partial charge >= 0.3 is 10.2 Å². The fraction of sp³-hybridized carbons (Fsp3) is 0.179. The van der Waals surface area contributed by atoms with Crippen molar-refractivity contribution in [1.82, 2.24) is 9.55 Å². The number of H-pyrrole nitrogens is 1. The Bertz CT molecular complexity index is 1860. The van der Waals surface area contributed by atoms with E-state index in [2.05, 4.69) is 17.8 Å². The number of halogens is 1. The largest absolute Gasteiger partial charge is 0.340 e. The Morgan fingerprint density at radius 2 is 1.89 bits per heavy atom. The summed E-state index contributed by atoms with van der Waals surface area (Å²) >= 11 is 0. The minimum atomic E-state index is -4.84. The van der Waals surface area contributed by atoms with E-state index < -0.39 is 10.2 Å². The number of nitrogens with one attached hydrogen (secondary N) is 1. The molecule has 2 aromatic heterocycles. The lowest BCUT2D eigenvalue weighted by Crippen LogP contribution is -2.09. The normalized spacial score (nSPS) is 11.9. The van der Waals surface area contributed by atoms with Crippen LogP contribution in [0.25, 0.3) is 44.0 Å². The first-order valence-corrected chi connectivity index (χ1v) is 12.7. The van der Waals surface area contributed by atoms with Crippen molar-refractivity contribution in [3.05, 3.63) is 75.9 Å². The number of aromatic nitrogens is 2. The minimum absolute atomic E-state index is 0.0859. The molecule has 35 heavy (non-hydrogen) atoms. The Morgan fingerprint density at radius 3 is 2.60 bits per heavy atom. The van der Waals surface area contributed by atoms with Crippen molar-refractivity contribution in [2.45, 2.75) is 31.1 Å². The summed E-state index contributed by atoms with van der Waals surface area (Å²) in [4.78, 5) is 16.7. The van der Waals surface area contributed by atoms with Crippen LogP contribution in [0.3, 0.4) is 0 Å². The molecular formula is C28H23FN2O3S. The van der Waals surface area contributed by atoms with E-state index in [1.54, 1.807) is 6.07 Å². The smallest absolute Gasteiger partial charge is 0.332 e. The van der Waals surface area contributed by atoms with Gasteiger partial charge in [0.25, 0.3) is 0 Å². The molecule has 0 saturated carbocycles. The zero-order chi connectivity index (χ0) is 24.9. The zero-order valence-electron chi connectivity index (χ0n) is 19.4. The van der Waals surface area contributed by atoms with Gasteiger partial charge < -0.3 is 9.55 Å². The Labute approximate surface area is 202 Å². The number of rotatable bonds is 5. The third kappa shape index (κ3) is 3.80. The van der Waals surface area contributed by atoms with Gasteiger partial charge in [-0.3, -0.25) is 4.79 Å². The summed E-state index contributed by atoms with van der Waals surface area (Å²) in [7, 11) is -2.97. The van der Waals surface area contributed by atoms with Crippen molar-refractivity contribution in [1.29, 1.82) is 0 Å². The fourth-order valence-corrected chi connectivity index (χ4v) is 5.27. The molecule has 0 aliphatic carbocycles. The molecule has 0 amide bonds. The van der Waals surface area contributed by atoms with Crippen LogP contribution in [0.2, 0.25) is 0 Å². The number of pyridine rings is 1. The van der Waals surface area contributed by atoms with E-state index in [-0.39, 0.29) is 10.3 Å². The molecule has 0 saturated heterocycles. The summed E-state index contributed by atoms with van der Waals surface area (Å²) in [6.07, 6.45) is 8.10. The SMILES string of the molecule is C#Cc1ccc2c(c1)[nH]c1c2c(=O)c2cc(CCCC)c(-c3cccc(S(=O)(=O)F)c3)cc2n1C. The molecule has 5 nitrogen and oxygen atoms in total. The van der Waals surface area contributed by atoms with Crippen LogP contribution in [0.1, 0.15) is 30.9 Å². The van der Waals surface area contributed by atoms with Gasteiger partial charge in [0.05, 0.1) is 15.8 Å². The number of terminal acetylenes is 1. The summed E-state index contributed by atoms with van der Waals surface area (Å²) in [6.45, 7) is 2.08. The van der Waals surface area contributed by atoms with Crippen LogP contribution in [-0.2, 0) is 23.7 Å². The number of fused-ring (bicyclic) bond motifs is 4. The number of hydrogen-bond donors (Lipinski definition) is 1. The highest BCUT2D eigenvalue weighted by atomic mass is 32.3. The van der Waals surface area contributed by atoms with Crippen LogP contribution in [0.4, 0.5) is 3.89 Å². The molecule has 5 rings (SSSR count). The molecule has 2 heterocycles. The standard InChI is InChI=1S/C28H23FN2O3S/c1-4-6-8-19-15-23-25(16-22(19)18-9-7-10-20(14-18)35(29,33)34)31(3)28-26(27(23)32)21-12-11-17(5-2)13-24(21)30-28/h2,7,9-16,30H,4,6,8H2,1,3H3. The minimum Gasteiger partial charge on any atom is -0.340 e. The molecule has 0 aliphatic rings. The van der Waals surface area contributed by atoms with Gasteiger partial charge in [-0.1, -0.05) is 37.5 Å². The first-order valence-electron chi connectivity index (χ1n) is 11.4. The first-order chi connectivity index (χ1) is 16.7. The lowest BCUT2D eigenvalue weighted by Gasteiger charge is -2.15. The summed E-state index contributed by atoms with van der Waals surface area (Å²) < 4.78 is 38.7. The molecule has 0 atom stereocenters. The monoisotopic (exact) mass is 486 g/mol. The van der Waals surface area contributed by atoms with Gasteiger partial charge in [0.15, 0.2) is 5.43 Å². The lowest BCUT2D eigenvalue weighted by atomic mass is 9.93. The number of unbranched alkanes of at least 4 members (excludes halogenated alkanes) is 1. The van der Waals surface area contributed by atoms with E-state index in [1.165, 1.54) is 18.2 Å². The third-order valence-electron chi connectivity index (χ3n) is 6.56. The molecule has 1 N–H and O–H groups in total. The van der Waals surface area contributed by atoms with Gasteiger partial charge in [-0.2, -0.15) is 8.42 Å². The predicted molar refractivity (Wildman–Crippen MR) is 139 cm³/mol. The summed E-state index contributed by atoms with van der Waals surface area (Å²) in [5, 5.41) is 1.98. The van der Waals surface area contributed by atoms with Gasteiger partial charge in [-0.25, -0.2) is 0 Å². The van der Waals surface area contributed by atoms with Crippen molar-refractivity contribution in [3.63, 3.8) is 0 Å². The molecule has 0 radical (unpaired) electrons. The van der Waals surface area contributed by atoms with Crippen LogP contribution >= 0.6 is 0 Å². The second kappa shape index (κ2) is 8.40. The lowest BCUT2D eigenvalue weighted by molar-refractivity contribution is 0.552. The third-order valence-corrected chi connectivity index (χ3v) is 7.38. The highest BCUT2D eigenvalue weighted by Crippen LogP contribution is 2.33. The van der Waals surface area contributed by atoms with Crippen molar-refractivity contribution >= 4 is 43.1 Å². The highest BCUT2D eigenvalue weighted by molar-refractivity contribution is 7.86. The van der Waals surface area contributed by atoms with Crippen molar-refractivity contribution < 1.29 is 12.3 Å². The number of hydrogen-bond acceptors (Lipinski definition) is 3. The number of benzene rings is 3. The van der Waals surface area contributed by atoms with Gasteiger partial charge in [-0.05, 0) is 65.9 Å². The topological polar surface area (TPSA) is 71.9 Å². The second-order valence-corrected chi connectivity index (χ2v) is 10.1. The Morgan fingerprint density at radius 1 is 1.09 bits per heavy atom. The van der Waals surface area contributed by atoms with E-state index in [4.69, 9.17) is 6.42 Å². The van der Waals surface area contributed by atoms with Crippen LogP contribution in [0.15, 0.2) is 64.3 Å². The van der Waals surface area contributed by atoms with Crippen LogP contribution < -0.4 is 5.43 Å². The van der Waals surface area contributed by atoms with E-state index >= 15 is 0 Å². The molecule has 0 fully saturated rings. The summed E-state index contributed by atoms with van der Waals surface area (Å²) in [5.74, 6) is 2.62.